The molecule has 1 atom stereocenters. The average Bonchev–Trinajstić information content (AvgIpc) is 2.77. The molecule has 22 heavy (non-hydrogen) atoms. The molecule has 0 fully saturated rings. The Kier molecular flexibility index (Phi) is 3.81. The first kappa shape index (κ1) is 14.9. The van der Waals surface area contributed by atoms with Crippen LogP contribution < -0.4 is 10.6 Å². The fourth-order valence-electron chi connectivity index (χ4n) is 2.34. The summed E-state index contributed by atoms with van der Waals surface area (Å²) in [6.45, 7) is 1.83. The van der Waals surface area contributed by atoms with Crippen LogP contribution in [0.2, 0.25) is 10.0 Å². The number of amides is 2. The number of halogens is 2. The lowest BCUT2D eigenvalue weighted by molar-refractivity contribution is -0.116. The van der Waals surface area contributed by atoms with Gasteiger partial charge in [0.2, 0.25) is 5.91 Å². The molecule has 0 saturated carbocycles. The molecule has 6 heteroatoms. The number of anilines is 2. The fourth-order valence-corrected chi connectivity index (χ4v) is 2.63. The third-order valence-corrected chi connectivity index (χ3v) is 4.35. The minimum absolute atomic E-state index is 0.0389. The van der Waals surface area contributed by atoms with Crippen LogP contribution >= 0.6 is 23.2 Å². The topological polar surface area (TPSA) is 58.2 Å². The number of hydrogen-bond donors (Lipinski definition) is 2. The van der Waals surface area contributed by atoms with Crippen molar-refractivity contribution in [3.63, 3.8) is 0 Å². The highest BCUT2D eigenvalue weighted by Crippen LogP contribution is 2.34. The number of carbonyl (C=O) groups is 2. The smallest absolute Gasteiger partial charge is 0.255 e. The second kappa shape index (κ2) is 5.63. The van der Waals surface area contributed by atoms with Crippen molar-refractivity contribution in [1.82, 2.24) is 0 Å². The van der Waals surface area contributed by atoms with Gasteiger partial charge in [-0.15, -0.1) is 0 Å². The van der Waals surface area contributed by atoms with E-state index in [2.05, 4.69) is 10.6 Å². The van der Waals surface area contributed by atoms with Crippen molar-refractivity contribution in [2.75, 3.05) is 10.6 Å². The highest BCUT2D eigenvalue weighted by Gasteiger charge is 2.26. The van der Waals surface area contributed by atoms with Crippen molar-refractivity contribution < 1.29 is 9.59 Å². The Balaban J connectivity index is 1.83. The Morgan fingerprint density at radius 1 is 1.14 bits per heavy atom. The second-order valence-electron chi connectivity index (χ2n) is 5.10. The van der Waals surface area contributed by atoms with Gasteiger partial charge in [-0.3, -0.25) is 9.59 Å². The largest absolute Gasteiger partial charge is 0.325 e. The zero-order valence-electron chi connectivity index (χ0n) is 11.6. The van der Waals surface area contributed by atoms with Crippen LogP contribution in [0.4, 0.5) is 11.4 Å². The van der Waals surface area contributed by atoms with Crippen LogP contribution in [-0.4, -0.2) is 11.8 Å². The molecule has 0 aromatic heterocycles. The number of hydrogen-bond acceptors (Lipinski definition) is 2. The molecule has 1 unspecified atom stereocenters. The van der Waals surface area contributed by atoms with Gasteiger partial charge < -0.3 is 10.6 Å². The predicted molar refractivity (Wildman–Crippen MR) is 87.9 cm³/mol. The standard InChI is InChI=1S/C16H12Cl2N2O2/c1-8-11-7-10(3-5-14(11)20-15(8)21)19-16(22)9-2-4-12(17)13(18)6-9/h2-8H,1H3,(H,19,22)(H,20,21). The highest BCUT2D eigenvalue weighted by atomic mass is 35.5. The molecule has 0 aliphatic carbocycles. The normalized spacial score (nSPS) is 16.1. The summed E-state index contributed by atoms with van der Waals surface area (Å²) >= 11 is 11.8. The van der Waals surface area contributed by atoms with Gasteiger partial charge in [-0.05, 0) is 48.9 Å². The Labute approximate surface area is 137 Å². The van der Waals surface area contributed by atoms with Crippen LogP contribution in [0.3, 0.4) is 0 Å². The number of rotatable bonds is 2. The SMILES string of the molecule is CC1C(=O)Nc2ccc(NC(=O)c3ccc(Cl)c(Cl)c3)cc21. The summed E-state index contributed by atoms with van der Waals surface area (Å²) < 4.78 is 0. The van der Waals surface area contributed by atoms with Gasteiger partial charge in [0.25, 0.3) is 5.91 Å². The van der Waals surface area contributed by atoms with Gasteiger partial charge in [0.15, 0.2) is 0 Å². The molecule has 112 valence electrons. The van der Waals surface area contributed by atoms with E-state index in [0.29, 0.717) is 21.3 Å². The molecule has 0 bridgehead atoms. The maximum atomic E-state index is 12.2. The summed E-state index contributed by atoms with van der Waals surface area (Å²) in [7, 11) is 0. The molecule has 1 heterocycles. The molecule has 1 aliphatic rings. The lowest BCUT2D eigenvalue weighted by Crippen LogP contribution is -2.12. The van der Waals surface area contributed by atoms with E-state index in [0.717, 1.165) is 11.3 Å². The van der Waals surface area contributed by atoms with Crippen molar-refractivity contribution >= 4 is 46.4 Å². The van der Waals surface area contributed by atoms with E-state index in [1.165, 1.54) is 6.07 Å². The third-order valence-electron chi connectivity index (χ3n) is 3.61. The molecule has 4 nitrogen and oxygen atoms in total. The van der Waals surface area contributed by atoms with E-state index in [9.17, 15) is 9.59 Å². The van der Waals surface area contributed by atoms with E-state index >= 15 is 0 Å². The van der Waals surface area contributed by atoms with Crippen LogP contribution in [0.1, 0.15) is 28.8 Å². The van der Waals surface area contributed by atoms with Crippen LogP contribution in [0, 0.1) is 0 Å². The lowest BCUT2D eigenvalue weighted by Gasteiger charge is -2.09. The molecule has 2 N–H and O–H groups in total. The number of fused-ring (bicyclic) bond motifs is 1. The predicted octanol–water partition coefficient (Wildman–Crippen LogP) is 4.30. The van der Waals surface area contributed by atoms with Gasteiger partial charge in [0, 0.05) is 16.9 Å². The van der Waals surface area contributed by atoms with Crippen molar-refractivity contribution in [3.05, 3.63) is 57.6 Å². The van der Waals surface area contributed by atoms with E-state index in [1.807, 2.05) is 6.92 Å². The average molecular weight is 335 g/mol. The van der Waals surface area contributed by atoms with Crippen molar-refractivity contribution in [1.29, 1.82) is 0 Å². The monoisotopic (exact) mass is 334 g/mol. The third kappa shape index (κ3) is 2.67. The molecule has 0 saturated heterocycles. The summed E-state index contributed by atoms with van der Waals surface area (Å²) in [4.78, 5) is 23.9. The molecular weight excluding hydrogens is 323 g/mol. The van der Waals surface area contributed by atoms with Gasteiger partial charge in [0.1, 0.15) is 0 Å². The molecule has 3 rings (SSSR count). The second-order valence-corrected chi connectivity index (χ2v) is 5.91. The molecular formula is C16H12Cl2N2O2. The van der Waals surface area contributed by atoms with Crippen molar-refractivity contribution in [2.45, 2.75) is 12.8 Å². The van der Waals surface area contributed by atoms with Gasteiger partial charge in [-0.25, -0.2) is 0 Å². The van der Waals surface area contributed by atoms with E-state index in [1.54, 1.807) is 30.3 Å². The Morgan fingerprint density at radius 2 is 1.91 bits per heavy atom. The summed E-state index contributed by atoms with van der Waals surface area (Å²) in [5.74, 6) is -0.553. The Bertz CT molecular complexity index is 790. The first-order valence-corrected chi connectivity index (χ1v) is 7.42. The van der Waals surface area contributed by atoms with Crippen LogP contribution in [-0.2, 0) is 4.79 Å². The van der Waals surface area contributed by atoms with Gasteiger partial charge in [-0.1, -0.05) is 23.2 Å². The van der Waals surface area contributed by atoms with Crippen LogP contribution in [0.15, 0.2) is 36.4 Å². The number of nitrogens with one attached hydrogen (secondary N) is 2. The maximum Gasteiger partial charge on any atom is 0.255 e. The van der Waals surface area contributed by atoms with E-state index in [4.69, 9.17) is 23.2 Å². The van der Waals surface area contributed by atoms with Gasteiger partial charge in [0.05, 0.1) is 16.0 Å². The number of carbonyl (C=O) groups excluding carboxylic acids is 2. The molecule has 2 amide bonds. The fraction of sp³-hybridized carbons (Fsp3) is 0.125. The highest BCUT2D eigenvalue weighted by molar-refractivity contribution is 6.42. The van der Waals surface area contributed by atoms with Gasteiger partial charge in [-0.2, -0.15) is 0 Å². The van der Waals surface area contributed by atoms with Crippen molar-refractivity contribution in [3.8, 4) is 0 Å². The minimum atomic E-state index is -0.288. The summed E-state index contributed by atoms with van der Waals surface area (Å²) in [5, 5.41) is 6.30. The Hall–Kier alpha value is -2.04. The molecule has 1 aliphatic heterocycles. The summed E-state index contributed by atoms with van der Waals surface area (Å²) in [6, 6.07) is 10.0. The van der Waals surface area contributed by atoms with Crippen LogP contribution in [0.5, 0.6) is 0 Å². The quantitative estimate of drug-likeness (QED) is 0.860. The molecule has 0 radical (unpaired) electrons. The van der Waals surface area contributed by atoms with E-state index in [-0.39, 0.29) is 17.7 Å². The summed E-state index contributed by atoms with van der Waals surface area (Å²) in [5.41, 5.74) is 2.69. The first-order chi connectivity index (χ1) is 10.5. The Morgan fingerprint density at radius 3 is 2.64 bits per heavy atom. The molecule has 2 aromatic carbocycles. The zero-order chi connectivity index (χ0) is 15.9. The maximum absolute atomic E-state index is 12.2. The van der Waals surface area contributed by atoms with Crippen molar-refractivity contribution in [2.24, 2.45) is 0 Å². The van der Waals surface area contributed by atoms with Gasteiger partial charge >= 0.3 is 0 Å². The molecule has 2 aromatic rings. The zero-order valence-corrected chi connectivity index (χ0v) is 13.1. The molecule has 0 spiro atoms. The van der Waals surface area contributed by atoms with Crippen LogP contribution in [0.25, 0.3) is 0 Å². The minimum Gasteiger partial charge on any atom is -0.325 e. The van der Waals surface area contributed by atoms with E-state index < -0.39 is 0 Å². The summed E-state index contributed by atoms with van der Waals surface area (Å²) in [6.07, 6.45) is 0. The lowest BCUT2D eigenvalue weighted by atomic mass is 10.0. The first-order valence-electron chi connectivity index (χ1n) is 6.67. The number of benzene rings is 2.